The van der Waals surface area contributed by atoms with Gasteiger partial charge < -0.3 is 9.47 Å². The van der Waals surface area contributed by atoms with E-state index in [-0.39, 0.29) is 18.2 Å². The molecule has 2 aromatic rings. The third-order valence-electron chi connectivity index (χ3n) is 4.65. The molecule has 4 heteroatoms. The predicted octanol–water partition coefficient (Wildman–Crippen LogP) is 3.83. The second kappa shape index (κ2) is 8.28. The number of nitrogens with zero attached hydrogens (tertiary/aromatic N) is 1. The van der Waals surface area contributed by atoms with E-state index in [1.165, 1.54) is 12.7 Å². The van der Waals surface area contributed by atoms with Crippen LogP contribution in [0, 0.1) is 0 Å². The fraction of sp³-hybridized carbons (Fsp3) is 0.381. The van der Waals surface area contributed by atoms with Crippen LogP contribution in [0.4, 0.5) is 0 Å². The standard InChI is InChI=1S/C21H25NO3/c1-3-19-14-22(13-16-7-5-4-6-8-16)15-20(25-19)17-9-11-18(12-10-17)21(23)24-2/h4-12,19-20H,3,13-15H2,1-2H3/t19?,20-/m0/s1. The second-order valence-electron chi connectivity index (χ2n) is 6.45. The fourth-order valence-electron chi connectivity index (χ4n) is 3.25. The highest BCUT2D eigenvalue weighted by Crippen LogP contribution is 2.27. The van der Waals surface area contributed by atoms with Crippen molar-refractivity contribution in [2.24, 2.45) is 0 Å². The van der Waals surface area contributed by atoms with Gasteiger partial charge in [0.2, 0.25) is 0 Å². The van der Waals surface area contributed by atoms with Crippen LogP contribution in [0.25, 0.3) is 0 Å². The molecular weight excluding hydrogens is 314 g/mol. The van der Waals surface area contributed by atoms with E-state index in [4.69, 9.17) is 9.47 Å². The number of rotatable bonds is 5. The molecule has 1 saturated heterocycles. The second-order valence-corrected chi connectivity index (χ2v) is 6.45. The molecule has 4 nitrogen and oxygen atoms in total. The van der Waals surface area contributed by atoms with Gasteiger partial charge in [-0.1, -0.05) is 49.4 Å². The van der Waals surface area contributed by atoms with E-state index in [1.807, 2.05) is 30.3 Å². The van der Waals surface area contributed by atoms with Gasteiger partial charge in [-0.05, 0) is 29.7 Å². The summed E-state index contributed by atoms with van der Waals surface area (Å²) in [6.07, 6.45) is 1.24. The SMILES string of the molecule is CCC1CN(Cc2ccccc2)C[C@@H](c2ccc(C(=O)OC)cc2)O1. The van der Waals surface area contributed by atoms with Crippen LogP contribution in [0.3, 0.4) is 0 Å². The maximum atomic E-state index is 11.6. The van der Waals surface area contributed by atoms with Crippen molar-refractivity contribution in [3.63, 3.8) is 0 Å². The number of methoxy groups -OCH3 is 1. The van der Waals surface area contributed by atoms with Gasteiger partial charge in [-0.25, -0.2) is 4.79 Å². The minimum Gasteiger partial charge on any atom is -0.465 e. The van der Waals surface area contributed by atoms with Crippen molar-refractivity contribution in [2.45, 2.75) is 32.1 Å². The molecular formula is C21H25NO3. The van der Waals surface area contributed by atoms with E-state index in [2.05, 4.69) is 36.1 Å². The Balaban J connectivity index is 1.72. The molecule has 1 heterocycles. The highest BCUT2D eigenvalue weighted by molar-refractivity contribution is 5.89. The Morgan fingerprint density at radius 3 is 2.48 bits per heavy atom. The van der Waals surface area contributed by atoms with E-state index in [9.17, 15) is 4.79 Å². The molecule has 25 heavy (non-hydrogen) atoms. The molecule has 3 rings (SSSR count). The Morgan fingerprint density at radius 1 is 1.12 bits per heavy atom. The van der Waals surface area contributed by atoms with Crippen molar-refractivity contribution < 1.29 is 14.3 Å². The number of carbonyl (C=O) groups is 1. The van der Waals surface area contributed by atoms with E-state index >= 15 is 0 Å². The number of hydrogen-bond acceptors (Lipinski definition) is 4. The Labute approximate surface area is 149 Å². The Bertz CT molecular complexity index is 684. The summed E-state index contributed by atoms with van der Waals surface area (Å²) in [6, 6.07) is 18.1. The molecule has 0 aromatic heterocycles. The van der Waals surface area contributed by atoms with Gasteiger partial charge in [0, 0.05) is 19.6 Å². The first-order valence-electron chi connectivity index (χ1n) is 8.79. The summed E-state index contributed by atoms with van der Waals surface area (Å²) in [7, 11) is 1.40. The van der Waals surface area contributed by atoms with Crippen LogP contribution in [0.1, 0.15) is 40.9 Å². The third-order valence-corrected chi connectivity index (χ3v) is 4.65. The summed E-state index contributed by atoms with van der Waals surface area (Å²) in [5, 5.41) is 0. The lowest BCUT2D eigenvalue weighted by atomic mass is 10.0. The van der Waals surface area contributed by atoms with Crippen molar-refractivity contribution >= 4 is 5.97 Å². The molecule has 0 bridgehead atoms. The predicted molar refractivity (Wildman–Crippen MR) is 97.4 cm³/mol. The van der Waals surface area contributed by atoms with E-state index in [0.29, 0.717) is 5.56 Å². The number of carbonyl (C=O) groups excluding carboxylic acids is 1. The monoisotopic (exact) mass is 339 g/mol. The van der Waals surface area contributed by atoms with Gasteiger partial charge in [-0.15, -0.1) is 0 Å². The first-order valence-corrected chi connectivity index (χ1v) is 8.79. The third kappa shape index (κ3) is 4.47. The van der Waals surface area contributed by atoms with Crippen LogP contribution in [0.2, 0.25) is 0 Å². The molecule has 0 spiro atoms. The molecule has 0 aliphatic carbocycles. The minimum absolute atomic E-state index is 0.0223. The quantitative estimate of drug-likeness (QED) is 0.776. The number of hydrogen-bond donors (Lipinski definition) is 0. The lowest BCUT2D eigenvalue weighted by Crippen LogP contribution is -2.43. The Hall–Kier alpha value is -2.17. The van der Waals surface area contributed by atoms with Crippen molar-refractivity contribution in [3.8, 4) is 0 Å². The molecule has 1 unspecified atom stereocenters. The summed E-state index contributed by atoms with van der Waals surface area (Å²) >= 11 is 0. The minimum atomic E-state index is -0.312. The van der Waals surface area contributed by atoms with Gasteiger partial charge in [-0.3, -0.25) is 4.90 Å². The van der Waals surface area contributed by atoms with Gasteiger partial charge >= 0.3 is 5.97 Å². The van der Waals surface area contributed by atoms with Crippen LogP contribution in [0.15, 0.2) is 54.6 Å². The van der Waals surface area contributed by atoms with Gasteiger partial charge in [0.05, 0.1) is 24.9 Å². The lowest BCUT2D eigenvalue weighted by Gasteiger charge is -2.38. The molecule has 2 aromatic carbocycles. The summed E-state index contributed by atoms with van der Waals surface area (Å²) in [5.41, 5.74) is 2.98. The Morgan fingerprint density at radius 2 is 1.84 bits per heavy atom. The van der Waals surface area contributed by atoms with E-state index < -0.39 is 0 Å². The molecule has 0 radical (unpaired) electrons. The number of esters is 1. The first kappa shape index (κ1) is 17.6. The Kier molecular flexibility index (Phi) is 5.84. The summed E-state index contributed by atoms with van der Waals surface area (Å²) in [6.45, 7) is 4.89. The van der Waals surface area contributed by atoms with Crippen molar-refractivity contribution in [1.82, 2.24) is 4.90 Å². The van der Waals surface area contributed by atoms with Crippen LogP contribution in [-0.2, 0) is 16.0 Å². The number of benzene rings is 2. The van der Waals surface area contributed by atoms with Gasteiger partial charge in [0.15, 0.2) is 0 Å². The zero-order valence-electron chi connectivity index (χ0n) is 14.9. The number of ether oxygens (including phenoxy) is 2. The highest BCUT2D eigenvalue weighted by atomic mass is 16.5. The van der Waals surface area contributed by atoms with E-state index in [1.54, 1.807) is 0 Å². The van der Waals surface area contributed by atoms with Gasteiger partial charge in [0.25, 0.3) is 0 Å². The number of morpholine rings is 1. The largest absolute Gasteiger partial charge is 0.465 e. The van der Waals surface area contributed by atoms with Gasteiger partial charge in [-0.2, -0.15) is 0 Å². The topological polar surface area (TPSA) is 38.8 Å². The molecule has 0 saturated carbocycles. The average molecular weight is 339 g/mol. The molecule has 1 aliphatic rings. The fourth-order valence-corrected chi connectivity index (χ4v) is 3.25. The molecule has 0 amide bonds. The average Bonchev–Trinajstić information content (AvgIpc) is 2.68. The summed E-state index contributed by atoms with van der Waals surface area (Å²) < 4.78 is 11.0. The highest BCUT2D eigenvalue weighted by Gasteiger charge is 2.28. The zero-order chi connectivity index (χ0) is 17.6. The normalized spacial score (nSPS) is 21.0. The van der Waals surface area contributed by atoms with Crippen LogP contribution in [0.5, 0.6) is 0 Å². The van der Waals surface area contributed by atoms with Crippen LogP contribution < -0.4 is 0 Å². The molecule has 0 N–H and O–H groups in total. The molecule has 1 fully saturated rings. The van der Waals surface area contributed by atoms with E-state index in [0.717, 1.165) is 31.6 Å². The van der Waals surface area contributed by atoms with Crippen LogP contribution >= 0.6 is 0 Å². The van der Waals surface area contributed by atoms with Crippen molar-refractivity contribution in [2.75, 3.05) is 20.2 Å². The first-order chi connectivity index (χ1) is 12.2. The molecule has 1 aliphatic heterocycles. The smallest absolute Gasteiger partial charge is 0.337 e. The van der Waals surface area contributed by atoms with Gasteiger partial charge in [0.1, 0.15) is 0 Å². The summed E-state index contributed by atoms with van der Waals surface area (Å²) in [5.74, 6) is -0.312. The van der Waals surface area contributed by atoms with Crippen molar-refractivity contribution in [3.05, 3.63) is 71.3 Å². The molecule has 132 valence electrons. The van der Waals surface area contributed by atoms with Crippen molar-refractivity contribution in [1.29, 1.82) is 0 Å². The summed E-state index contributed by atoms with van der Waals surface area (Å²) in [4.78, 5) is 14.0. The molecule has 2 atom stereocenters. The van der Waals surface area contributed by atoms with Crippen LogP contribution in [-0.4, -0.2) is 37.2 Å². The zero-order valence-corrected chi connectivity index (χ0v) is 14.9. The lowest BCUT2D eigenvalue weighted by molar-refractivity contribution is -0.0907. The maximum absolute atomic E-state index is 11.6. The maximum Gasteiger partial charge on any atom is 0.337 e.